The SMILES string of the molecule is Cc1cncc(CN2Cc3ccnn3CC[C@@H]2CO)n1. The zero-order chi connectivity index (χ0) is 13.9. The van der Waals surface area contributed by atoms with E-state index in [1.165, 1.54) is 5.69 Å². The summed E-state index contributed by atoms with van der Waals surface area (Å²) in [4.78, 5) is 10.9. The molecule has 3 rings (SSSR count). The highest BCUT2D eigenvalue weighted by Gasteiger charge is 2.24. The Bertz CT molecular complexity index is 582. The lowest BCUT2D eigenvalue weighted by Gasteiger charge is -2.27. The van der Waals surface area contributed by atoms with E-state index >= 15 is 0 Å². The zero-order valence-electron chi connectivity index (χ0n) is 11.6. The molecule has 2 aromatic rings. The molecule has 0 saturated heterocycles. The van der Waals surface area contributed by atoms with Crippen LogP contribution in [-0.4, -0.2) is 42.4 Å². The summed E-state index contributed by atoms with van der Waals surface area (Å²) in [6, 6.07) is 2.17. The minimum atomic E-state index is 0.138. The summed E-state index contributed by atoms with van der Waals surface area (Å²) in [6.07, 6.45) is 6.28. The van der Waals surface area contributed by atoms with Crippen LogP contribution < -0.4 is 0 Å². The van der Waals surface area contributed by atoms with Crippen LogP contribution in [0.15, 0.2) is 24.7 Å². The fourth-order valence-electron chi connectivity index (χ4n) is 2.68. The fourth-order valence-corrected chi connectivity index (χ4v) is 2.68. The summed E-state index contributed by atoms with van der Waals surface area (Å²) in [5.74, 6) is 0. The molecule has 0 aliphatic carbocycles. The van der Waals surface area contributed by atoms with Crippen molar-refractivity contribution in [1.82, 2.24) is 24.6 Å². The maximum atomic E-state index is 9.63. The molecule has 0 aromatic carbocycles. The lowest BCUT2D eigenvalue weighted by molar-refractivity contribution is 0.106. The third-order valence-electron chi connectivity index (χ3n) is 3.74. The van der Waals surface area contributed by atoms with Crippen LogP contribution in [0.5, 0.6) is 0 Å². The second-order valence-electron chi connectivity index (χ2n) is 5.23. The van der Waals surface area contributed by atoms with Gasteiger partial charge in [0, 0.05) is 44.3 Å². The first-order chi connectivity index (χ1) is 9.76. The number of hydrogen-bond donors (Lipinski definition) is 1. The second-order valence-corrected chi connectivity index (χ2v) is 5.23. The number of rotatable bonds is 3. The number of nitrogens with zero attached hydrogens (tertiary/aromatic N) is 5. The van der Waals surface area contributed by atoms with Gasteiger partial charge in [0.05, 0.1) is 23.7 Å². The molecule has 0 radical (unpaired) electrons. The van der Waals surface area contributed by atoms with Crippen molar-refractivity contribution in [2.24, 2.45) is 0 Å². The molecule has 6 heteroatoms. The van der Waals surface area contributed by atoms with Gasteiger partial charge in [-0.05, 0) is 19.4 Å². The van der Waals surface area contributed by atoms with Crippen molar-refractivity contribution in [3.05, 3.63) is 41.7 Å². The Morgan fingerprint density at radius 1 is 1.40 bits per heavy atom. The van der Waals surface area contributed by atoms with Crippen LogP contribution in [0, 0.1) is 6.92 Å². The van der Waals surface area contributed by atoms with Gasteiger partial charge in [-0.15, -0.1) is 0 Å². The Morgan fingerprint density at radius 3 is 3.10 bits per heavy atom. The topological polar surface area (TPSA) is 67.1 Å². The third kappa shape index (κ3) is 2.71. The van der Waals surface area contributed by atoms with Crippen LogP contribution in [0.2, 0.25) is 0 Å². The van der Waals surface area contributed by atoms with Gasteiger partial charge in [0.25, 0.3) is 0 Å². The Kier molecular flexibility index (Phi) is 3.75. The van der Waals surface area contributed by atoms with E-state index in [0.717, 1.165) is 30.9 Å². The predicted molar refractivity (Wildman–Crippen MR) is 73.7 cm³/mol. The molecule has 20 heavy (non-hydrogen) atoms. The first kappa shape index (κ1) is 13.2. The molecule has 0 saturated carbocycles. The summed E-state index contributed by atoms with van der Waals surface area (Å²) >= 11 is 0. The highest BCUT2D eigenvalue weighted by Crippen LogP contribution is 2.18. The van der Waals surface area contributed by atoms with Crippen LogP contribution in [0.4, 0.5) is 0 Å². The first-order valence-corrected chi connectivity index (χ1v) is 6.89. The van der Waals surface area contributed by atoms with Gasteiger partial charge in [-0.1, -0.05) is 0 Å². The average molecular weight is 273 g/mol. The van der Waals surface area contributed by atoms with Gasteiger partial charge in [0.1, 0.15) is 0 Å². The number of aromatic nitrogens is 4. The molecule has 0 fully saturated rings. The normalized spacial score (nSPS) is 19.6. The summed E-state index contributed by atoms with van der Waals surface area (Å²) in [6.45, 7) is 4.43. The van der Waals surface area contributed by atoms with Crippen LogP contribution in [0.25, 0.3) is 0 Å². The highest BCUT2D eigenvalue weighted by molar-refractivity contribution is 5.06. The molecule has 0 amide bonds. The van der Waals surface area contributed by atoms with E-state index in [2.05, 4.69) is 20.0 Å². The van der Waals surface area contributed by atoms with E-state index in [1.807, 2.05) is 23.9 Å². The molecule has 0 spiro atoms. The molecule has 1 aliphatic heterocycles. The van der Waals surface area contributed by atoms with Crippen molar-refractivity contribution >= 4 is 0 Å². The number of aliphatic hydroxyl groups is 1. The van der Waals surface area contributed by atoms with Crippen LogP contribution >= 0.6 is 0 Å². The van der Waals surface area contributed by atoms with E-state index in [1.54, 1.807) is 12.4 Å². The maximum absolute atomic E-state index is 9.63. The van der Waals surface area contributed by atoms with E-state index < -0.39 is 0 Å². The minimum absolute atomic E-state index is 0.138. The Labute approximate surface area is 118 Å². The minimum Gasteiger partial charge on any atom is -0.395 e. The Balaban J connectivity index is 1.81. The molecule has 0 unspecified atom stereocenters. The molecule has 1 aliphatic rings. The van der Waals surface area contributed by atoms with Crippen LogP contribution in [-0.2, 0) is 19.6 Å². The number of fused-ring (bicyclic) bond motifs is 1. The van der Waals surface area contributed by atoms with Gasteiger partial charge >= 0.3 is 0 Å². The second kappa shape index (κ2) is 5.68. The molecular weight excluding hydrogens is 254 g/mol. The third-order valence-corrected chi connectivity index (χ3v) is 3.74. The van der Waals surface area contributed by atoms with E-state index in [0.29, 0.717) is 6.54 Å². The van der Waals surface area contributed by atoms with Gasteiger partial charge in [0.2, 0.25) is 0 Å². The molecule has 3 heterocycles. The average Bonchev–Trinajstić information content (AvgIpc) is 2.80. The predicted octanol–water partition coefficient (Wildman–Crippen LogP) is 0.748. The van der Waals surface area contributed by atoms with Crippen molar-refractivity contribution in [2.45, 2.75) is 39.0 Å². The van der Waals surface area contributed by atoms with Crippen molar-refractivity contribution in [3.8, 4) is 0 Å². The van der Waals surface area contributed by atoms with Crippen molar-refractivity contribution in [2.75, 3.05) is 6.61 Å². The quantitative estimate of drug-likeness (QED) is 0.894. The summed E-state index contributed by atoms with van der Waals surface area (Å²) in [5.41, 5.74) is 3.04. The molecular formula is C14H19N5O. The maximum Gasteiger partial charge on any atom is 0.0730 e. The smallest absolute Gasteiger partial charge is 0.0730 e. The van der Waals surface area contributed by atoms with Gasteiger partial charge in [-0.25, -0.2) is 0 Å². The standard InChI is InChI=1S/C14H19N5O/c1-11-6-15-7-12(17-11)8-18-9-13-2-4-16-19(13)5-3-14(18)10-20/h2,4,6-7,14,20H,3,5,8-10H2,1H3/t14-/m1/s1. The van der Waals surface area contributed by atoms with Gasteiger partial charge < -0.3 is 5.11 Å². The molecule has 106 valence electrons. The zero-order valence-corrected chi connectivity index (χ0v) is 11.6. The summed E-state index contributed by atoms with van der Waals surface area (Å²) < 4.78 is 2.02. The van der Waals surface area contributed by atoms with Crippen molar-refractivity contribution in [3.63, 3.8) is 0 Å². The van der Waals surface area contributed by atoms with Crippen LogP contribution in [0.1, 0.15) is 23.5 Å². The first-order valence-electron chi connectivity index (χ1n) is 6.89. The van der Waals surface area contributed by atoms with E-state index in [4.69, 9.17) is 0 Å². The van der Waals surface area contributed by atoms with E-state index in [-0.39, 0.29) is 12.6 Å². The summed E-state index contributed by atoms with van der Waals surface area (Å²) in [5, 5.41) is 13.9. The lowest BCUT2D eigenvalue weighted by Crippen LogP contribution is -2.36. The molecule has 1 N–H and O–H groups in total. The van der Waals surface area contributed by atoms with Gasteiger partial charge in [0.15, 0.2) is 0 Å². The highest BCUT2D eigenvalue weighted by atomic mass is 16.3. The van der Waals surface area contributed by atoms with E-state index in [9.17, 15) is 5.11 Å². The number of aliphatic hydroxyl groups excluding tert-OH is 1. The molecule has 2 aromatic heterocycles. The molecule has 0 bridgehead atoms. The monoisotopic (exact) mass is 273 g/mol. The number of hydrogen-bond acceptors (Lipinski definition) is 5. The van der Waals surface area contributed by atoms with Crippen molar-refractivity contribution in [1.29, 1.82) is 0 Å². The Morgan fingerprint density at radius 2 is 2.30 bits per heavy atom. The van der Waals surface area contributed by atoms with Crippen LogP contribution in [0.3, 0.4) is 0 Å². The lowest BCUT2D eigenvalue weighted by atomic mass is 10.2. The van der Waals surface area contributed by atoms with Gasteiger partial charge in [-0.2, -0.15) is 5.10 Å². The Hall–Kier alpha value is -1.79. The fraction of sp³-hybridized carbons (Fsp3) is 0.500. The van der Waals surface area contributed by atoms with Gasteiger partial charge in [-0.3, -0.25) is 19.5 Å². The summed E-state index contributed by atoms with van der Waals surface area (Å²) in [7, 11) is 0. The largest absolute Gasteiger partial charge is 0.395 e. The molecule has 6 nitrogen and oxygen atoms in total. The van der Waals surface area contributed by atoms with Crippen molar-refractivity contribution < 1.29 is 5.11 Å². The molecule has 1 atom stereocenters. The number of aryl methyl sites for hydroxylation is 2.